The summed E-state index contributed by atoms with van der Waals surface area (Å²) in [6.45, 7) is 1.49. The predicted octanol–water partition coefficient (Wildman–Crippen LogP) is 3.14. The normalized spacial score (nSPS) is 25.6. The van der Waals surface area contributed by atoms with Crippen LogP contribution in [-0.2, 0) is 16.0 Å². The van der Waals surface area contributed by atoms with Crippen molar-refractivity contribution in [1.29, 1.82) is 0 Å². The molecule has 3 aliphatic rings. The molecule has 5 rings (SSSR count). The Morgan fingerprint density at radius 2 is 1.71 bits per heavy atom. The molecule has 41 heavy (non-hydrogen) atoms. The number of hydrogen-bond donors (Lipinski definition) is 4. The number of ether oxygens (including phenoxy) is 1. The maximum atomic E-state index is 14.3. The molecular formula is C31H35N3O7. The SMILES string of the molecule is COc1ccc(-c2cc(N(C)C)c3c(c2O)C(=O)C2=C(O)[C@]4(C)C(=O)C(C(N)=O)=C(O)[C@@H](N(C)C)[C@@H]4C[C@@H]2C3)cc1. The molecule has 0 fully saturated rings. The van der Waals surface area contributed by atoms with Crippen LogP contribution in [0.3, 0.4) is 0 Å². The van der Waals surface area contributed by atoms with E-state index >= 15 is 0 Å². The number of carbonyl (C=O) groups excluding carboxylic acids is 3. The van der Waals surface area contributed by atoms with E-state index in [1.807, 2.05) is 25.1 Å². The number of nitrogens with two attached hydrogens (primary N) is 1. The average molecular weight is 562 g/mol. The van der Waals surface area contributed by atoms with Crippen LogP contribution in [0.4, 0.5) is 5.69 Å². The van der Waals surface area contributed by atoms with E-state index in [9.17, 15) is 29.7 Å². The lowest BCUT2D eigenvalue weighted by atomic mass is 9.54. The lowest BCUT2D eigenvalue weighted by Gasteiger charge is -2.51. The number of hydrogen-bond acceptors (Lipinski definition) is 9. The first-order chi connectivity index (χ1) is 19.2. The Hall–Kier alpha value is -4.31. The summed E-state index contributed by atoms with van der Waals surface area (Å²) < 4.78 is 5.25. The van der Waals surface area contributed by atoms with Gasteiger partial charge in [0.05, 0.1) is 24.1 Å². The zero-order valence-corrected chi connectivity index (χ0v) is 24.0. The number of ketones is 2. The van der Waals surface area contributed by atoms with E-state index in [4.69, 9.17) is 10.5 Å². The van der Waals surface area contributed by atoms with Gasteiger partial charge in [0, 0.05) is 36.8 Å². The van der Waals surface area contributed by atoms with Gasteiger partial charge in [-0.15, -0.1) is 0 Å². The van der Waals surface area contributed by atoms with Crippen LogP contribution >= 0.6 is 0 Å². The quantitative estimate of drug-likeness (QED) is 0.403. The average Bonchev–Trinajstić information content (AvgIpc) is 2.90. The van der Waals surface area contributed by atoms with Crippen molar-refractivity contribution in [2.24, 2.45) is 23.0 Å². The molecule has 0 saturated carbocycles. The lowest BCUT2D eigenvalue weighted by Crippen LogP contribution is -2.58. The first kappa shape index (κ1) is 28.2. The number of phenolic OH excluding ortho intramolecular Hbond substituents is 1. The Balaban J connectivity index is 1.74. The second-order valence-corrected chi connectivity index (χ2v) is 11.7. The zero-order valence-electron chi connectivity index (χ0n) is 24.0. The Labute approximate surface area is 238 Å². The van der Waals surface area contributed by atoms with E-state index in [1.165, 1.54) is 6.92 Å². The summed E-state index contributed by atoms with van der Waals surface area (Å²) in [5.41, 5.74) is 5.85. The van der Waals surface area contributed by atoms with Crippen molar-refractivity contribution in [1.82, 2.24) is 4.90 Å². The van der Waals surface area contributed by atoms with Gasteiger partial charge in [-0.25, -0.2) is 0 Å². The molecule has 10 nitrogen and oxygen atoms in total. The number of likely N-dealkylation sites (N-methyl/N-ethyl adjacent to an activating group) is 1. The second-order valence-electron chi connectivity index (χ2n) is 11.7. The van der Waals surface area contributed by atoms with E-state index in [2.05, 4.69) is 0 Å². The number of aliphatic hydroxyl groups excluding tert-OH is 2. The molecule has 0 heterocycles. The highest BCUT2D eigenvalue weighted by Crippen LogP contribution is 2.57. The van der Waals surface area contributed by atoms with Gasteiger partial charge in [-0.05, 0) is 69.1 Å². The minimum Gasteiger partial charge on any atom is -0.511 e. The van der Waals surface area contributed by atoms with Crippen LogP contribution in [0.5, 0.6) is 11.5 Å². The largest absolute Gasteiger partial charge is 0.511 e. The van der Waals surface area contributed by atoms with Crippen molar-refractivity contribution in [2.45, 2.75) is 25.8 Å². The number of anilines is 1. The van der Waals surface area contributed by atoms with E-state index in [0.717, 1.165) is 5.69 Å². The standard InChI is InChI=1S/C31H35N3O7/c1-31-19(24(34(4)5)27(37)23(29(31)39)30(32)40)12-15-11-18-20(33(2)3)13-17(14-7-9-16(41-6)10-8-14)25(35)22(18)26(36)21(15)28(31)38/h7-10,13,15,19,24,35,37-38H,11-12H2,1-6H3,(H2,32,40)/t15-,19-,24-,31+/m0/s1. The number of aromatic hydroxyl groups is 1. The number of nitrogens with zero attached hydrogens (tertiary/aromatic N) is 2. The Bertz CT molecular complexity index is 1550. The molecule has 1 amide bonds. The number of carbonyl (C=O) groups is 3. The van der Waals surface area contributed by atoms with Crippen molar-refractivity contribution in [3.05, 3.63) is 64.1 Å². The molecule has 0 saturated heterocycles. The van der Waals surface area contributed by atoms with E-state index in [1.54, 1.807) is 50.4 Å². The highest BCUT2D eigenvalue weighted by molar-refractivity contribution is 6.23. The molecule has 0 aromatic heterocycles. The number of amides is 1. The van der Waals surface area contributed by atoms with Crippen molar-refractivity contribution in [3.8, 4) is 22.6 Å². The van der Waals surface area contributed by atoms with Crippen LogP contribution in [0, 0.1) is 17.3 Å². The van der Waals surface area contributed by atoms with Gasteiger partial charge in [-0.2, -0.15) is 0 Å². The number of rotatable bonds is 5. The number of Topliss-reactive ketones (excluding diaryl/α,β-unsaturated/α-hetero) is 2. The summed E-state index contributed by atoms with van der Waals surface area (Å²) in [6.07, 6.45) is 0.595. The summed E-state index contributed by atoms with van der Waals surface area (Å²) in [7, 11) is 8.67. The first-order valence-corrected chi connectivity index (χ1v) is 13.4. The molecule has 0 spiro atoms. The van der Waals surface area contributed by atoms with Crippen molar-refractivity contribution < 1.29 is 34.4 Å². The van der Waals surface area contributed by atoms with Crippen LogP contribution in [-0.4, -0.2) is 79.0 Å². The summed E-state index contributed by atoms with van der Waals surface area (Å²) in [6, 6.07) is 8.13. The van der Waals surface area contributed by atoms with E-state index in [-0.39, 0.29) is 23.3 Å². The van der Waals surface area contributed by atoms with Gasteiger partial charge in [-0.3, -0.25) is 19.3 Å². The lowest BCUT2D eigenvalue weighted by molar-refractivity contribution is -0.134. The van der Waals surface area contributed by atoms with Crippen LogP contribution in [0.25, 0.3) is 11.1 Å². The molecule has 2 aromatic rings. The molecule has 5 N–H and O–H groups in total. The fourth-order valence-corrected chi connectivity index (χ4v) is 6.98. The molecule has 216 valence electrons. The van der Waals surface area contributed by atoms with Crippen molar-refractivity contribution in [2.75, 3.05) is 40.2 Å². The Kier molecular flexibility index (Phi) is 6.65. The van der Waals surface area contributed by atoms with Gasteiger partial charge >= 0.3 is 0 Å². The number of primary amides is 1. The summed E-state index contributed by atoms with van der Waals surface area (Å²) in [4.78, 5) is 43.8. The van der Waals surface area contributed by atoms with Crippen molar-refractivity contribution in [3.63, 3.8) is 0 Å². The summed E-state index contributed by atoms with van der Waals surface area (Å²) in [5.74, 6) is -4.08. The van der Waals surface area contributed by atoms with Gasteiger partial charge in [0.2, 0.25) is 0 Å². The van der Waals surface area contributed by atoms with Gasteiger partial charge < -0.3 is 30.7 Å². The second kappa shape index (κ2) is 9.66. The number of allylic oxidation sites excluding steroid dienone is 2. The Morgan fingerprint density at radius 1 is 1.07 bits per heavy atom. The molecule has 0 aliphatic heterocycles. The fourth-order valence-electron chi connectivity index (χ4n) is 6.98. The molecule has 10 heteroatoms. The highest BCUT2D eigenvalue weighted by atomic mass is 16.5. The minimum atomic E-state index is -1.68. The molecular weight excluding hydrogens is 526 g/mol. The third kappa shape index (κ3) is 3.92. The Morgan fingerprint density at radius 3 is 2.24 bits per heavy atom. The maximum absolute atomic E-state index is 14.3. The molecule has 0 radical (unpaired) electrons. The highest BCUT2D eigenvalue weighted by Gasteiger charge is 2.61. The van der Waals surface area contributed by atoms with E-state index in [0.29, 0.717) is 28.9 Å². The van der Waals surface area contributed by atoms with Gasteiger partial charge in [0.1, 0.15) is 28.6 Å². The molecule has 0 bridgehead atoms. The maximum Gasteiger partial charge on any atom is 0.255 e. The van der Waals surface area contributed by atoms with Crippen molar-refractivity contribution >= 4 is 23.2 Å². The van der Waals surface area contributed by atoms with Crippen LogP contribution in [0.2, 0.25) is 0 Å². The molecule has 3 aliphatic carbocycles. The third-order valence-electron chi connectivity index (χ3n) is 9.04. The predicted molar refractivity (Wildman–Crippen MR) is 153 cm³/mol. The van der Waals surface area contributed by atoms with Crippen LogP contribution < -0.4 is 15.4 Å². The summed E-state index contributed by atoms with van der Waals surface area (Å²) >= 11 is 0. The van der Waals surface area contributed by atoms with Gasteiger partial charge in [0.25, 0.3) is 5.91 Å². The van der Waals surface area contributed by atoms with E-state index < -0.39 is 57.9 Å². The number of aliphatic hydroxyl groups is 2. The number of benzene rings is 2. The number of fused-ring (bicyclic) bond motifs is 3. The monoisotopic (exact) mass is 561 g/mol. The molecule has 4 atom stereocenters. The van der Waals surface area contributed by atoms with Gasteiger partial charge in [0.15, 0.2) is 11.6 Å². The first-order valence-electron chi connectivity index (χ1n) is 13.4. The fraction of sp³-hybridized carbons (Fsp3) is 0.387. The number of phenols is 1. The smallest absolute Gasteiger partial charge is 0.255 e. The molecule has 2 aromatic carbocycles. The van der Waals surface area contributed by atoms with Gasteiger partial charge in [-0.1, -0.05) is 12.1 Å². The topological polar surface area (TPSA) is 154 Å². The number of methoxy groups -OCH3 is 1. The summed E-state index contributed by atoms with van der Waals surface area (Å²) in [5, 5.41) is 34.3. The third-order valence-corrected chi connectivity index (χ3v) is 9.04. The van der Waals surface area contributed by atoms with Crippen LogP contribution in [0.1, 0.15) is 29.3 Å². The minimum absolute atomic E-state index is 0.0409. The zero-order chi connectivity index (χ0) is 30.1. The van der Waals surface area contributed by atoms with Crippen LogP contribution in [0.15, 0.2) is 53.0 Å². The molecule has 0 unspecified atom stereocenters.